The lowest BCUT2D eigenvalue weighted by Gasteiger charge is -2.02. The van der Waals surface area contributed by atoms with E-state index < -0.39 is 5.97 Å². The number of nitrogens with zero attached hydrogens (tertiary/aromatic N) is 1. The molecular formula is C14H9BrN2O2S. The molecule has 1 heterocycles. The maximum Gasteiger partial charge on any atom is 0.335 e. The Labute approximate surface area is 127 Å². The van der Waals surface area contributed by atoms with Crippen molar-refractivity contribution in [2.75, 3.05) is 0 Å². The second kappa shape index (κ2) is 5.30. The summed E-state index contributed by atoms with van der Waals surface area (Å²) in [6, 6.07) is 12.8. The summed E-state index contributed by atoms with van der Waals surface area (Å²) in [5.41, 5.74) is 2.10. The van der Waals surface area contributed by atoms with Gasteiger partial charge >= 0.3 is 5.97 Å². The van der Waals surface area contributed by atoms with Gasteiger partial charge in [-0.25, -0.2) is 9.78 Å². The zero-order valence-corrected chi connectivity index (χ0v) is 12.5. The number of nitrogens with one attached hydrogen (secondary N) is 1. The Balaban J connectivity index is 1.96. The average Bonchev–Trinajstić information content (AvgIpc) is 2.79. The molecule has 0 spiro atoms. The smallest absolute Gasteiger partial charge is 0.335 e. The van der Waals surface area contributed by atoms with Gasteiger partial charge in [0, 0.05) is 9.37 Å². The van der Waals surface area contributed by atoms with E-state index in [0.717, 1.165) is 25.6 Å². The van der Waals surface area contributed by atoms with E-state index >= 15 is 0 Å². The minimum Gasteiger partial charge on any atom is -0.478 e. The van der Waals surface area contributed by atoms with Gasteiger partial charge in [0.25, 0.3) is 0 Å². The van der Waals surface area contributed by atoms with E-state index in [1.807, 2.05) is 30.3 Å². The molecule has 20 heavy (non-hydrogen) atoms. The van der Waals surface area contributed by atoms with Crippen molar-refractivity contribution in [2.24, 2.45) is 0 Å². The molecule has 0 saturated carbocycles. The molecule has 0 fully saturated rings. The molecule has 0 aliphatic carbocycles. The van der Waals surface area contributed by atoms with Gasteiger partial charge < -0.3 is 10.1 Å². The van der Waals surface area contributed by atoms with Crippen LogP contribution in [0.1, 0.15) is 10.4 Å². The summed E-state index contributed by atoms with van der Waals surface area (Å²) in [4.78, 5) is 19.5. The standard InChI is InChI=1S/C14H9BrN2O2S/c15-9-5-8(13(18)19)6-10(7-9)20-14-16-11-3-1-2-4-12(11)17-14/h1-7H,(H,16,17)(H,18,19). The van der Waals surface area contributed by atoms with Gasteiger partial charge in [-0.15, -0.1) is 0 Å². The topological polar surface area (TPSA) is 66.0 Å². The number of carboxylic acids is 1. The van der Waals surface area contributed by atoms with Crippen molar-refractivity contribution < 1.29 is 9.90 Å². The zero-order valence-electron chi connectivity index (χ0n) is 10.1. The van der Waals surface area contributed by atoms with E-state index in [9.17, 15) is 4.79 Å². The number of hydrogen-bond donors (Lipinski definition) is 2. The third-order valence-corrected chi connectivity index (χ3v) is 4.02. The fourth-order valence-electron chi connectivity index (χ4n) is 1.83. The number of carboxylic acid groups (broad SMARTS) is 1. The van der Waals surface area contributed by atoms with Crippen molar-refractivity contribution in [3.05, 3.63) is 52.5 Å². The first-order chi connectivity index (χ1) is 9.61. The summed E-state index contributed by atoms with van der Waals surface area (Å²) in [6.45, 7) is 0. The first kappa shape index (κ1) is 13.2. The van der Waals surface area contributed by atoms with Crippen molar-refractivity contribution >= 4 is 44.7 Å². The summed E-state index contributed by atoms with van der Waals surface area (Å²) in [7, 11) is 0. The molecule has 0 aliphatic heterocycles. The van der Waals surface area contributed by atoms with Gasteiger partial charge in [0.1, 0.15) is 0 Å². The molecule has 100 valence electrons. The number of H-pyrrole nitrogens is 1. The van der Waals surface area contributed by atoms with Gasteiger partial charge in [0.2, 0.25) is 0 Å². The van der Waals surface area contributed by atoms with Gasteiger partial charge in [-0.1, -0.05) is 39.8 Å². The predicted molar refractivity (Wildman–Crippen MR) is 81.3 cm³/mol. The van der Waals surface area contributed by atoms with Crippen LogP contribution in [0.3, 0.4) is 0 Å². The van der Waals surface area contributed by atoms with Crippen LogP contribution in [0.15, 0.2) is 57.0 Å². The normalized spacial score (nSPS) is 10.8. The van der Waals surface area contributed by atoms with E-state index in [0.29, 0.717) is 0 Å². The van der Waals surface area contributed by atoms with Crippen LogP contribution in [0.25, 0.3) is 11.0 Å². The van der Waals surface area contributed by atoms with Crippen molar-refractivity contribution in [1.29, 1.82) is 0 Å². The van der Waals surface area contributed by atoms with Crippen molar-refractivity contribution in [3.8, 4) is 0 Å². The van der Waals surface area contributed by atoms with E-state index in [1.165, 1.54) is 11.8 Å². The molecule has 4 nitrogen and oxygen atoms in total. The molecule has 0 unspecified atom stereocenters. The van der Waals surface area contributed by atoms with Crippen molar-refractivity contribution in [3.63, 3.8) is 0 Å². The molecular weight excluding hydrogens is 340 g/mol. The minimum absolute atomic E-state index is 0.248. The SMILES string of the molecule is O=C(O)c1cc(Br)cc(Sc2nc3ccccc3[nH]2)c1. The van der Waals surface area contributed by atoms with Crippen LogP contribution < -0.4 is 0 Å². The number of aromatic nitrogens is 2. The number of carbonyl (C=O) groups is 1. The van der Waals surface area contributed by atoms with Crippen LogP contribution in [-0.4, -0.2) is 21.0 Å². The molecule has 2 N–H and O–H groups in total. The van der Waals surface area contributed by atoms with Gasteiger partial charge in [-0.05, 0) is 30.3 Å². The Bertz CT molecular complexity index is 768. The highest BCUT2D eigenvalue weighted by molar-refractivity contribution is 9.10. The second-order valence-electron chi connectivity index (χ2n) is 4.14. The molecule has 0 amide bonds. The maximum absolute atomic E-state index is 11.0. The highest BCUT2D eigenvalue weighted by Crippen LogP contribution is 2.30. The molecule has 3 rings (SSSR count). The number of halogens is 1. The largest absolute Gasteiger partial charge is 0.478 e. The van der Waals surface area contributed by atoms with E-state index in [4.69, 9.17) is 5.11 Å². The van der Waals surface area contributed by atoms with Crippen LogP contribution in [-0.2, 0) is 0 Å². The van der Waals surface area contributed by atoms with E-state index in [1.54, 1.807) is 12.1 Å². The molecule has 0 aliphatic rings. The Morgan fingerprint density at radius 2 is 2.05 bits per heavy atom. The maximum atomic E-state index is 11.0. The van der Waals surface area contributed by atoms with Crippen molar-refractivity contribution in [2.45, 2.75) is 10.1 Å². The molecule has 0 radical (unpaired) electrons. The van der Waals surface area contributed by atoms with Gasteiger partial charge in [0.15, 0.2) is 5.16 Å². The molecule has 6 heteroatoms. The number of imidazole rings is 1. The number of para-hydroxylation sites is 2. The second-order valence-corrected chi connectivity index (χ2v) is 6.12. The lowest BCUT2D eigenvalue weighted by atomic mass is 10.2. The Hall–Kier alpha value is -1.79. The summed E-state index contributed by atoms with van der Waals surface area (Å²) in [5, 5.41) is 9.80. The van der Waals surface area contributed by atoms with Gasteiger partial charge in [-0.2, -0.15) is 0 Å². The lowest BCUT2D eigenvalue weighted by molar-refractivity contribution is 0.0696. The molecule has 3 aromatic rings. The summed E-state index contributed by atoms with van der Waals surface area (Å²) in [6.07, 6.45) is 0. The minimum atomic E-state index is -0.947. The first-order valence-electron chi connectivity index (χ1n) is 5.78. The third kappa shape index (κ3) is 2.71. The fourth-order valence-corrected chi connectivity index (χ4v) is 3.38. The summed E-state index contributed by atoms with van der Waals surface area (Å²) >= 11 is 4.72. The molecule has 0 bridgehead atoms. The van der Waals surface area contributed by atoms with Gasteiger partial charge in [-0.3, -0.25) is 0 Å². The number of aromatic amines is 1. The number of rotatable bonds is 3. The number of aromatic carboxylic acids is 1. The zero-order chi connectivity index (χ0) is 14.1. The monoisotopic (exact) mass is 348 g/mol. The number of hydrogen-bond acceptors (Lipinski definition) is 3. The van der Waals surface area contributed by atoms with Crippen LogP contribution in [0.2, 0.25) is 0 Å². The highest BCUT2D eigenvalue weighted by atomic mass is 79.9. The molecule has 1 aromatic heterocycles. The number of fused-ring (bicyclic) bond motifs is 1. The van der Waals surface area contributed by atoms with Gasteiger partial charge in [0.05, 0.1) is 16.6 Å². The first-order valence-corrected chi connectivity index (χ1v) is 7.39. The highest BCUT2D eigenvalue weighted by Gasteiger charge is 2.09. The quantitative estimate of drug-likeness (QED) is 0.745. The van der Waals surface area contributed by atoms with E-state index in [2.05, 4.69) is 25.9 Å². The average molecular weight is 349 g/mol. The molecule has 0 saturated heterocycles. The van der Waals surface area contributed by atoms with Crippen LogP contribution >= 0.6 is 27.7 Å². The van der Waals surface area contributed by atoms with Crippen LogP contribution in [0, 0.1) is 0 Å². The fraction of sp³-hybridized carbons (Fsp3) is 0. The summed E-state index contributed by atoms with van der Waals surface area (Å²) in [5.74, 6) is -0.947. The predicted octanol–water partition coefficient (Wildman–Crippen LogP) is 4.17. The Morgan fingerprint density at radius 3 is 2.80 bits per heavy atom. The molecule has 2 aromatic carbocycles. The lowest BCUT2D eigenvalue weighted by Crippen LogP contribution is -1.96. The Kier molecular flexibility index (Phi) is 3.50. The third-order valence-electron chi connectivity index (χ3n) is 2.70. The summed E-state index contributed by atoms with van der Waals surface area (Å²) < 4.78 is 0.732. The molecule has 0 atom stereocenters. The van der Waals surface area contributed by atoms with Crippen LogP contribution in [0.5, 0.6) is 0 Å². The number of benzene rings is 2. The van der Waals surface area contributed by atoms with E-state index in [-0.39, 0.29) is 5.56 Å². The van der Waals surface area contributed by atoms with Crippen molar-refractivity contribution in [1.82, 2.24) is 9.97 Å². The van der Waals surface area contributed by atoms with Crippen LogP contribution in [0.4, 0.5) is 0 Å². The Morgan fingerprint density at radius 1 is 1.25 bits per heavy atom.